The monoisotopic (exact) mass is 424 g/mol. The summed E-state index contributed by atoms with van der Waals surface area (Å²) in [5.74, 6) is -5.08. The maximum atomic E-state index is 13.1. The Morgan fingerprint density at radius 1 is 1.31 bits per heavy atom. The van der Waals surface area contributed by atoms with Crippen LogP contribution in [0.25, 0.3) is 0 Å². The van der Waals surface area contributed by atoms with Gasteiger partial charge >= 0.3 is 6.18 Å². The second-order valence-electron chi connectivity index (χ2n) is 7.83. The molecular weight excluding hydrogens is 403 g/mol. The van der Waals surface area contributed by atoms with E-state index in [-0.39, 0.29) is 11.4 Å². The van der Waals surface area contributed by atoms with E-state index < -0.39 is 60.8 Å². The van der Waals surface area contributed by atoms with Gasteiger partial charge in [-0.1, -0.05) is 20.8 Å². The number of halogens is 5. The molecule has 1 saturated heterocycles. The van der Waals surface area contributed by atoms with E-state index in [1.54, 1.807) is 20.8 Å². The lowest BCUT2D eigenvalue weighted by atomic mass is 9.86. The van der Waals surface area contributed by atoms with Gasteiger partial charge in [0.05, 0.1) is 25.0 Å². The topological polar surface area (TPSA) is 97.6 Å². The van der Waals surface area contributed by atoms with Gasteiger partial charge in [-0.25, -0.2) is 13.8 Å². The van der Waals surface area contributed by atoms with Gasteiger partial charge in [-0.15, -0.1) is 0 Å². The van der Waals surface area contributed by atoms with Crippen molar-refractivity contribution in [2.75, 3.05) is 24.6 Å². The first-order valence-corrected chi connectivity index (χ1v) is 8.52. The van der Waals surface area contributed by atoms with Crippen molar-refractivity contribution >= 4 is 17.5 Å². The zero-order valence-electron chi connectivity index (χ0n) is 15.9. The Morgan fingerprint density at radius 3 is 2.34 bits per heavy atom. The molecule has 2 amide bonds. The second-order valence-corrected chi connectivity index (χ2v) is 7.83. The number of pyridine rings is 1. The lowest BCUT2D eigenvalue weighted by Gasteiger charge is -2.40. The summed E-state index contributed by atoms with van der Waals surface area (Å²) in [5.41, 5.74) is 4.10. The molecule has 29 heavy (non-hydrogen) atoms. The number of primary amides is 1. The molecule has 1 aliphatic heterocycles. The Morgan fingerprint density at radius 2 is 1.90 bits per heavy atom. The molecule has 0 aromatic carbocycles. The van der Waals surface area contributed by atoms with Crippen molar-refractivity contribution < 1.29 is 36.3 Å². The van der Waals surface area contributed by atoms with Crippen LogP contribution in [0, 0.1) is 5.41 Å². The molecule has 0 aliphatic carbocycles. The van der Waals surface area contributed by atoms with Crippen molar-refractivity contribution in [2.24, 2.45) is 11.1 Å². The fourth-order valence-electron chi connectivity index (χ4n) is 2.67. The standard InChI is InChI=1S/C17H21F5N4O3/c1-15(2,3)12(13(23)27)25-14(28)9-4-11(29-8-17(20,21)22)10(5-24-9)26-6-16(18,19)7-26/h4-5,12H,6-8H2,1-3H3,(H2,23,27)(H,25,28)/t12-/m0/s1. The zero-order chi connectivity index (χ0) is 22.2. The molecule has 3 N–H and O–H groups in total. The van der Waals surface area contributed by atoms with Crippen LogP contribution in [0.5, 0.6) is 5.75 Å². The van der Waals surface area contributed by atoms with Crippen LogP contribution in [0.2, 0.25) is 0 Å². The SMILES string of the molecule is CC(C)(C)[C@@H](NC(=O)c1cc(OCC(F)(F)F)c(N2CC(F)(F)C2)cn1)C(N)=O. The zero-order valence-corrected chi connectivity index (χ0v) is 15.9. The minimum atomic E-state index is -4.68. The van der Waals surface area contributed by atoms with Gasteiger partial charge in [-0.2, -0.15) is 13.2 Å². The van der Waals surface area contributed by atoms with Gasteiger partial charge in [0, 0.05) is 6.07 Å². The average molecular weight is 424 g/mol. The van der Waals surface area contributed by atoms with Gasteiger partial charge in [0.15, 0.2) is 6.61 Å². The van der Waals surface area contributed by atoms with Gasteiger partial charge in [-0.05, 0) is 5.41 Å². The van der Waals surface area contributed by atoms with Crippen molar-refractivity contribution in [3.05, 3.63) is 18.0 Å². The predicted molar refractivity (Wildman–Crippen MR) is 92.9 cm³/mol. The lowest BCUT2D eigenvalue weighted by molar-refractivity contribution is -0.153. The number of anilines is 1. The van der Waals surface area contributed by atoms with Crippen molar-refractivity contribution in [1.82, 2.24) is 10.3 Å². The van der Waals surface area contributed by atoms with E-state index in [1.165, 1.54) is 0 Å². The summed E-state index contributed by atoms with van der Waals surface area (Å²) >= 11 is 0. The summed E-state index contributed by atoms with van der Waals surface area (Å²) in [6, 6.07) is -0.168. The van der Waals surface area contributed by atoms with Crippen LogP contribution in [0.1, 0.15) is 31.3 Å². The molecule has 0 spiro atoms. The van der Waals surface area contributed by atoms with E-state index in [0.717, 1.165) is 17.2 Å². The number of nitrogens with two attached hydrogens (primary N) is 1. The van der Waals surface area contributed by atoms with Gasteiger partial charge in [0.2, 0.25) is 5.91 Å². The van der Waals surface area contributed by atoms with Crippen molar-refractivity contribution in [3.63, 3.8) is 0 Å². The molecule has 1 atom stereocenters. The van der Waals surface area contributed by atoms with Gasteiger partial charge in [-0.3, -0.25) is 9.59 Å². The highest BCUT2D eigenvalue weighted by molar-refractivity contribution is 5.96. The van der Waals surface area contributed by atoms with Gasteiger partial charge < -0.3 is 20.7 Å². The first-order valence-electron chi connectivity index (χ1n) is 8.52. The number of amides is 2. The average Bonchev–Trinajstić information content (AvgIpc) is 2.53. The minimum Gasteiger partial charge on any atom is -0.482 e. The van der Waals surface area contributed by atoms with Crippen LogP contribution in [0.15, 0.2) is 12.3 Å². The molecule has 0 bridgehead atoms. The Hall–Kier alpha value is -2.66. The highest BCUT2D eigenvalue weighted by atomic mass is 19.4. The number of hydrogen-bond donors (Lipinski definition) is 2. The Labute approximate surface area is 163 Å². The van der Waals surface area contributed by atoms with Crippen molar-refractivity contribution in [1.29, 1.82) is 0 Å². The van der Waals surface area contributed by atoms with E-state index in [1.807, 2.05) is 0 Å². The third-order valence-corrected chi connectivity index (χ3v) is 4.08. The molecule has 1 aromatic rings. The first kappa shape index (κ1) is 22.6. The maximum absolute atomic E-state index is 13.1. The van der Waals surface area contributed by atoms with E-state index in [0.29, 0.717) is 0 Å². The van der Waals surface area contributed by atoms with Gasteiger partial charge in [0.25, 0.3) is 11.8 Å². The number of carbonyl (C=O) groups is 2. The summed E-state index contributed by atoms with van der Waals surface area (Å²) in [7, 11) is 0. The fraction of sp³-hybridized carbons (Fsp3) is 0.588. The molecule has 1 aliphatic rings. The molecule has 1 aromatic heterocycles. The molecule has 7 nitrogen and oxygen atoms in total. The van der Waals surface area contributed by atoms with Crippen molar-refractivity contribution in [2.45, 2.75) is 38.9 Å². The summed E-state index contributed by atoms with van der Waals surface area (Å²) in [5, 5.41) is 2.37. The molecule has 12 heteroatoms. The number of nitrogens with zero attached hydrogens (tertiary/aromatic N) is 2. The summed E-state index contributed by atoms with van der Waals surface area (Å²) < 4.78 is 68.6. The molecule has 162 valence electrons. The summed E-state index contributed by atoms with van der Waals surface area (Å²) in [4.78, 5) is 28.9. The Bertz CT molecular complexity index is 784. The quantitative estimate of drug-likeness (QED) is 0.682. The molecule has 0 saturated carbocycles. The number of alkyl halides is 5. The summed E-state index contributed by atoms with van der Waals surface area (Å²) in [6.07, 6.45) is -3.70. The molecular formula is C17H21F5N4O3. The Kier molecular flexibility index (Phi) is 5.96. The molecule has 0 radical (unpaired) electrons. The third kappa shape index (κ3) is 5.91. The number of ether oxygens (including phenoxy) is 1. The number of carbonyl (C=O) groups excluding carboxylic acids is 2. The van der Waals surface area contributed by atoms with Crippen LogP contribution in [-0.2, 0) is 4.79 Å². The maximum Gasteiger partial charge on any atom is 0.422 e. The number of hydrogen-bond acceptors (Lipinski definition) is 5. The largest absolute Gasteiger partial charge is 0.482 e. The first-order chi connectivity index (χ1) is 13.1. The van der Waals surface area contributed by atoms with Crippen LogP contribution in [0.3, 0.4) is 0 Å². The normalized spacial score (nSPS) is 17.3. The van der Waals surface area contributed by atoms with Gasteiger partial charge in [0.1, 0.15) is 17.5 Å². The smallest absolute Gasteiger partial charge is 0.422 e. The summed E-state index contributed by atoms with van der Waals surface area (Å²) in [6.45, 7) is 1.86. The molecule has 1 fully saturated rings. The van der Waals surface area contributed by atoms with Crippen LogP contribution in [0.4, 0.5) is 27.6 Å². The van der Waals surface area contributed by atoms with Crippen LogP contribution < -0.4 is 20.7 Å². The number of rotatable bonds is 6. The van der Waals surface area contributed by atoms with E-state index in [2.05, 4.69) is 10.3 Å². The number of aromatic nitrogens is 1. The minimum absolute atomic E-state index is 0.0982. The molecule has 0 unspecified atom stereocenters. The van der Waals surface area contributed by atoms with Crippen LogP contribution in [-0.4, -0.2) is 54.6 Å². The Balaban J connectivity index is 2.28. The van der Waals surface area contributed by atoms with Crippen molar-refractivity contribution in [3.8, 4) is 5.75 Å². The number of nitrogens with one attached hydrogen (secondary N) is 1. The molecule has 2 heterocycles. The lowest BCUT2D eigenvalue weighted by Crippen LogP contribution is -2.56. The predicted octanol–water partition coefficient (Wildman–Crippen LogP) is 2.11. The van der Waals surface area contributed by atoms with E-state index >= 15 is 0 Å². The highest BCUT2D eigenvalue weighted by Gasteiger charge is 2.45. The second kappa shape index (κ2) is 7.64. The highest BCUT2D eigenvalue weighted by Crippen LogP contribution is 2.37. The third-order valence-electron chi connectivity index (χ3n) is 4.08. The van der Waals surface area contributed by atoms with E-state index in [9.17, 15) is 31.5 Å². The van der Waals surface area contributed by atoms with Crippen LogP contribution >= 0.6 is 0 Å². The fourth-order valence-corrected chi connectivity index (χ4v) is 2.67. The van der Waals surface area contributed by atoms with E-state index in [4.69, 9.17) is 10.5 Å². The molecule has 2 rings (SSSR count).